The molecule has 0 spiro atoms. The first-order chi connectivity index (χ1) is 9.78. The third-order valence-electron chi connectivity index (χ3n) is 3.62. The monoisotopic (exact) mass is 291 g/mol. The van der Waals surface area contributed by atoms with Crippen LogP contribution in [0.2, 0.25) is 0 Å². The van der Waals surface area contributed by atoms with E-state index in [4.69, 9.17) is 10.5 Å². The number of nitrogens with zero attached hydrogens (tertiary/aromatic N) is 2. The maximum atomic E-state index is 12.3. The summed E-state index contributed by atoms with van der Waals surface area (Å²) in [5, 5.41) is 0. The Morgan fingerprint density at radius 3 is 2.76 bits per heavy atom. The van der Waals surface area contributed by atoms with Gasteiger partial charge in [0.05, 0.1) is 17.8 Å². The van der Waals surface area contributed by atoms with Crippen molar-refractivity contribution >= 4 is 6.09 Å². The number of carbonyl (C=O) groups excluding carboxylic acids is 1. The van der Waals surface area contributed by atoms with Gasteiger partial charge in [0.25, 0.3) is 0 Å². The molecule has 0 saturated carbocycles. The standard InChI is InChI=1S/C16H25N3O2/c1-11-7-8-12(18-10-11)14(17)13-6-5-9-19(13)15(20)21-16(2,3)4/h7-8,10,13-14H,5-6,9,17H2,1-4H3/t13-,14?/m1/s1. The Hall–Kier alpha value is -1.62. The zero-order valence-electron chi connectivity index (χ0n) is 13.3. The number of hydrogen-bond donors (Lipinski definition) is 1. The molecule has 116 valence electrons. The van der Waals surface area contributed by atoms with Crippen LogP contribution in [-0.4, -0.2) is 34.2 Å². The first-order valence-electron chi connectivity index (χ1n) is 7.46. The number of aryl methyl sites for hydroxylation is 1. The van der Waals surface area contributed by atoms with Crippen molar-refractivity contribution < 1.29 is 9.53 Å². The molecule has 1 fully saturated rings. The van der Waals surface area contributed by atoms with Gasteiger partial charge in [0.15, 0.2) is 0 Å². The van der Waals surface area contributed by atoms with Crippen LogP contribution in [0.25, 0.3) is 0 Å². The molecule has 1 saturated heterocycles. The molecule has 5 nitrogen and oxygen atoms in total. The lowest BCUT2D eigenvalue weighted by Gasteiger charge is -2.31. The lowest BCUT2D eigenvalue weighted by molar-refractivity contribution is 0.0205. The minimum absolute atomic E-state index is 0.0462. The maximum Gasteiger partial charge on any atom is 0.410 e. The predicted octanol–water partition coefficient (Wildman–Crippen LogP) is 2.79. The van der Waals surface area contributed by atoms with Crippen molar-refractivity contribution in [2.75, 3.05) is 6.54 Å². The average Bonchev–Trinajstić information content (AvgIpc) is 2.86. The van der Waals surface area contributed by atoms with Gasteiger partial charge >= 0.3 is 6.09 Å². The Bertz CT molecular complexity index is 493. The van der Waals surface area contributed by atoms with Crippen LogP contribution in [0.1, 0.15) is 50.9 Å². The van der Waals surface area contributed by atoms with Gasteiger partial charge in [-0.15, -0.1) is 0 Å². The number of hydrogen-bond acceptors (Lipinski definition) is 4. The third kappa shape index (κ3) is 3.94. The Morgan fingerprint density at radius 2 is 2.19 bits per heavy atom. The second-order valence-electron chi connectivity index (χ2n) is 6.67. The van der Waals surface area contributed by atoms with Crippen molar-refractivity contribution in [3.05, 3.63) is 29.6 Å². The second kappa shape index (κ2) is 6.02. The van der Waals surface area contributed by atoms with E-state index in [0.29, 0.717) is 6.54 Å². The van der Waals surface area contributed by atoms with Gasteiger partial charge in [-0.05, 0) is 52.2 Å². The fourth-order valence-corrected chi connectivity index (χ4v) is 2.59. The van der Waals surface area contributed by atoms with Crippen molar-refractivity contribution in [2.45, 2.75) is 58.2 Å². The van der Waals surface area contributed by atoms with Crippen LogP contribution in [0.4, 0.5) is 4.79 Å². The van der Waals surface area contributed by atoms with Gasteiger partial charge in [0, 0.05) is 12.7 Å². The number of nitrogens with two attached hydrogens (primary N) is 1. The van der Waals surface area contributed by atoms with Gasteiger partial charge in [-0.3, -0.25) is 4.98 Å². The number of likely N-dealkylation sites (tertiary alicyclic amines) is 1. The molecule has 0 aromatic carbocycles. The smallest absolute Gasteiger partial charge is 0.410 e. The molecular formula is C16H25N3O2. The van der Waals surface area contributed by atoms with Crippen LogP contribution < -0.4 is 5.73 Å². The zero-order valence-corrected chi connectivity index (χ0v) is 13.3. The molecule has 1 aliphatic heterocycles. The van der Waals surface area contributed by atoms with Gasteiger partial charge < -0.3 is 15.4 Å². The molecule has 1 amide bonds. The number of aromatic nitrogens is 1. The molecular weight excluding hydrogens is 266 g/mol. The molecule has 2 rings (SSSR count). The van der Waals surface area contributed by atoms with E-state index in [-0.39, 0.29) is 18.2 Å². The molecule has 1 aliphatic rings. The number of carbonyl (C=O) groups is 1. The number of rotatable bonds is 2. The molecule has 2 N–H and O–H groups in total. The second-order valence-corrected chi connectivity index (χ2v) is 6.67. The van der Waals surface area contributed by atoms with Gasteiger partial charge in [-0.25, -0.2) is 4.79 Å². The summed E-state index contributed by atoms with van der Waals surface area (Å²) < 4.78 is 5.47. The van der Waals surface area contributed by atoms with E-state index in [2.05, 4.69) is 4.98 Å². The Morgan fingerprint density at radius 1 is 1.48 bits per heavy atom. The minimum atomic E-state index is -0.490. The first-order valence-corrected chi connectivity index (χ1v) is 7.46. The SMILES string of the molecule is Cc1ccc(C(N)[C@H]2CCCN2C(=O)OC(C)(C)C)nc1. The van der Waals surface area contributed by atoms with Crippen molar-refractivity contribution in [1.82, 2.24) is 9.88 Å². The fourth-order valence-electron chi connectivity index (χ4n) is 2.59. The summed E-state index contributed by atoms with van der Waals surface area (Å²) in [6.07, 6.45) is 3.36. The largest absolute Gasteiger partial charge is 0.444 e. The fraction of sp³-hybridized carbons (Fsp3) is 0.625. The highest BCUT2D eigenvalue weighted by Gasteiger charge is 2.36. The highest BCUT2D eigenvalue weighted by Crippen LogP contribution is 2.28. The summed E-state index contributed by atoms with van der Waals surface area (Å²) >= 11 is 0. The maximum absolute atomic E-state index is 12.3. The molecule has 1 aromatic rings. The third-order valence-corrected chi connectivity index (χ3v) is 3.62. The van der Waals surface area contributed by atoms with Crippen LogP contribution in [-0.2, 0) is 4.74 Å². The van der Waals surface area contributed by atoms with Crippen molar-refractivity contribution in [1.29, 1.82) is 0 Å². The molecule has 0 bridgehead atoms. The summed E-state index contributed by atoms with van der Waals surface area (Å²) in [5.41, 5.74) is 7.76. The Kier molecular flexibility index (Phi) is 4.52. The molecule has 2 atom stereocenters. The van der Waals surface area contributed by atoms with Gasteiger partial charge in [-0.2, -0.15) is 0 Å². The molecule has 1 unspecified atom stereocenters. The van der Waals surface area contributed by atoms with Gasteiger partial charge in [-0.1, -0.05) is 6.07 Å². The summed E-state index contributed by atoms with van der Waals surface area (Å²) in [6.45, 7) is 8.30. The van der Waals surface area contributed by atoms with Crippen LogP contribution >= 0.6 is 0 Å². The lowest BCUT2D eigenvalue weighted by atomic mass is 10.0. The van der Waals surface area contributed by atoms with E-state index >= 15 is 0 Å². The van der Waals surface area contributed by atoms with E-state index in [1.165, 1.54) is 0 Å². The van der Waals surface area contributed by atoms with Crippen LogP contribution in [0.3, 0.4) is 0 Å². The van der Waals surface area contributed by atoms with Crippen molar-refractivity contribution in [3.8, 4) is 0 Å². The topological polar surface area (TPSA) is 68.5 Å². The molecule has 5 heteroatoms. The number of ether oxygens (including phenoxy) is 1. The first kappa shape index (κ1) is 15.8. The molecule has 0 aliphatic carbocycles. The van der Waals surface area contributed by atoms with E-state index in [9.17, 15) is 4.79 Å². The predicted molar refractivity (Wildman–Crippen MR) is 81.9 cm³/mol. The van der Waals surface area contributed by atoms with Crippen LogP contribution in [0.5, 0.6) is 0 Å². The molecule has 2 heterocycles. The molecule has 1 aromatic heterocycles. The Labute approximate surface area is 126 Å². The summed E-state index contributed by atoms with van der Waals surface area (Å²) in [4.78, 5) is 18.4. The number of amides is 1. The van der Waals surface area contributed by atoms with E-state index in [0.717, 1.165) is 24.1 Å². The zero-order chi connectivity index (χ0) is 15.6. The van der Waals surface area contributed by atoms with E-state index in [1.807, 2.05) is 46.0 Å². The summed E-state index contributed by atoms with van der Waals surface area (Å²) in [6, 6.07) is 3.61. The van der Waals surface area contributed by atoms with E-state index in [1.54, 1.807) is 4.90 Å². The van der Waals surface area contributed by atoms with Crippen molar-refractivity contribution in [3.63, 3.8) is 0 Å². The molecule has 0 radical (unpaired) electrons. The number of pyridine rings is 1. The molecule has 21 heavy (non-hydrogen) atoms. The average molecular weight is 291 g/mol. The summed E-state index contributed by atoms with van der Waals surface area (Å²) in [7, 11) is 0. The Balaban J connectivity index is 2.10. The lowest BCUT2D eigenvalue weighted by Crippen LogP contribution is -2.44. The van der Waals surface area contributed by atoms with E-state index < -0.39 is 5.60 Å². The quantitative estimate of drug-likeness (QED) is 0.909. The van der Waals surface area contributed by atoms with Gasteiger partial charge in [0.1, 0.15) is 5.60 Å². The van der Waals surface area contributed by atoms with Crippen molar-refractivity contribution in [2.24, 2.45) is 5.73 Å². The highest BCUT2D eigenvalue weighted by atomic mass is 16.6. The summed E-state index contributed by atoms with van der Waals surface area (Å²) in [5.74, 6) is 0. The minimum Gasteiger partial charge on any atom is -0.444 e. The van der Waals surface area contributed by atoms with Gasteiger partial charge in [0.2, 0.25) is 0 Å². The van der Waals surface area contributed by atoms with Crippen LogP contribution in [0.15, 0.2) is 18.3 Å². The van der Waals surface area contributed by atoms with Crippen LogP contribution in [0, 0.1) is 6.92 Å². The normalized spacial score (nSPS) is 20.4. The highest BCUT2D eigenvalue weighted by molar-refractivity contribution is 5.69.